The summed E-state index contributed by atoms with van der Waals surface area (Å²) in [7, 11) is 0. The molecule has 0 spiro atoms. The Morgan fingerprint density at radius 2 is 1.88 bits per heavy atom. The van der Waals surface area contributed by atoms with E-state index in [2.05, 4.69) is 31.9 Å². The molecule has 2 aromatic rings. The molecule has 1 atom stereocenters. The van der Waals surface area contributed by atoms with E-state index in [0.717, 1.165) is 68.0 Å². The van der Waals surface area contributed by atoms with Crippen LogP contribution < -0.4 is 15.5 Å². The Labute approximate surface area is 152 Å². The number of ether oxygens (including phenoxy) is 1. The van der Waals surface area contributed by atoms with Gasteiger partial charge in [-0.25, -0.2) is 4.98 Å². The highest BCUT2D eigenvalue weighted by Crippen LogP contribution is 2.28. The van der Waals surface area contributed by atoms with Crippen LogP contribution in [0.3, 0.4) is 0 Å². The predicted octanol–water partition coefficient (Wildman–Crippen LogP) is 2.54. The van der Waals surface area contributed by atoms with Crippen molar-refractivity contribution >= 4 is 29.1 Å². The number of hydrogen-bond donors (Lipinski definition) is 1. The van der Waals surface area contributed by atoms with E-state index in [9.17, 15) is 0 Å². The third-order valence-electron chi connectivity index (χ3n) is 4.87. The Kier molecular flexibility index (Phi) is 4.63. The third-order valence-corrected chi connectivity index (χ3v) is 5.11. The van der Waals surface area contributed by atoms with Gasteiger partial charge in [0.25, 0.3) is 0 Å². The van der Waals surface area contributed by atoms with Crippen molar-refractivity contribution in [2.24, 2.45) is 0 Å². The number of nitrogens with zero attached hydrogens (tertiary/aromatic N) is 4. The summed E-state index contributed by atoms with van der Waals surface area (Å²) >= 11 is 6.11. The van der Waals surface area contributed by atoms with Crippen LogP contribution in [0, 0.1) is 0 Å². The van der Waals surface area contributed by atoms with Crippen LogP contribution in [-0.2, 0) is 4.74 Å². The number of aromatic nitrogens is 2. The lowest BCUT2D eigenvalue weighted by atomic mass is 10.0. The summed E-state index contributed by atoms with van der Waals surface area (Å²) in [6.45, 7) is 5.14. The van der Waals surface area contributed by atoms with Gasteiger partial charge in [0.15, 0.2) is 0 Å². The quantitative estimate of drug-likeness (QED) is 0.908. The van der Waals surface area contributed by atoms with E-state index in [-0.39, 0.29) is 0 Å². The minimum Gasteiger partial charge on any atom is -0.381 e. The van der Waals surface area contributed by atoms with E-state index in [1.807, 2.05) is 18.2 Å². The van der Waals surface area contributed by atoms with Gasteiger partial charge in [0.05, 0.1) is 12.3 Å². The lowest BCUT2D eigenvalue weighted by molar-refractivity contribution is 0.193. The molecule has 0 bridgehead atoms. The fourth-order valence-corrected chi connectivity index (χ4v) is 3.66. The zero-order valence-corrected chi connectivity index (χ0v) is 14.8. The second-order valence-corrected chi connectivity index (χ2v) is 6.96. The van der Waals surface area contributed by atoms with Crippen molar-refractivity contribution in [2.75, 3.05) is 54.9 Å². The number of piperazine rings is 1. The van der Waals surface area contributed by atoms with Gasteiger partial charge in [-0.15, -0.1) is 0 Å². The van der Waals surface area contributed by atoms with Gasteiger partial charge < -0.3 is 20.3 Å². The molecule has 6 nitrogen and oxygen atoms in total. The molecule has 0 amide bonds. The maximum absolute atomic E-state index is 6.11. The van der Waals surface area contributed by atoms with Crippen molar-refractivity contribution in [1.29, 1.82) is 0 Å². The molecule has 25 heavy (non-hydrogen) atoms. The number of anilines is 3. The predicted molar refractivity (Wildman–Crippen MR) is 100 cm³/mol. The second-order valence-electron chi connectivity index (χ2n) is 6.52. The summed E-state index contributed by atoms with van der Waals surface area (Å²) in [6.07, 6.45) is 0.998. The highest BCUT2D eigenvalue weighted by atomic mass is 35.5. The van der Waals surface area contributed by atoms with Gasteiger partial charge in [-0.2, -0.15) is 4.98 Å². The van der Waals surface area contributed by atoms with Crippen molar-refractivity contribution in [2.45, 2.75) is 12.3 Å². The highest BCUT2D eigenvalue weighted by molar-refractivity contribution is 6.30. The summed E-state index contributed by atoms with van der Waals surface area (Å²) in [4.78, 5) is 13.5. The molecule has 2 saturated heterocycles. The lowest BCUT2D eigenvalue weighted by Crippen LogP contribution is -2.47. The molecule has 2 aliphatic heterocycles. The van der Waals surface area contributed by atoms with Crippen LogP contribution in [0.4, 0.5) is 17.5 Å². The molecular formula is C18H22ClN5O. The fraction of sp³-hybridized carbons (Fsp3) is 0.444. The molecule has 4 rings (SSSR count). The Bertz CT molecular complexity index is 742. The minimum atomic E-state index is 0.330. The molecule has 2 fully saturated rings. The summed E-state index contributed by atoms with van der Waals surface area (Å²) in [5.74, 6) is 1.59. The van der Waals surface area contributed by atoms with E-state index in [1.54, 1.807) is 0 Å². The van der Waals surface area contributed by atoms with E-state index in [0.29, 0.717) is 11.9 Å². The largest absolute Gasteiger partial charge is 0.381 e. The van der Waals surface area contributed by atoms with Gasteiger partial charge in [-0.05, 0) is 24.6 Å². The SMILES string of the molecule is Nc1nc(C2CCOC2)cc(N2CCN(c3cccc(Cl)c3)CC2)n1. The third kappa shape index (κ3) is 3.65. The Balaban J connectivity index is 1.47. The fourth-order valence-electron chi connectivity index (χ4n) is 3.48. The Morgan fingerprint density at radius 1 is 1.08 bits per heavy atom. The second kappa shape index (κ2) is 7.06. The monoisotopic (exact) mass is 359 g/mol. The lowest BCUT2D eigenvalue weighted by Gasteiger charge is -2.37. The van der Waals surface area contributed by atoms with Gasteiger partial charge in [-0.3, -0.25) is 0 Å². The molecule has 1 aromatic heterocycles. The first-order valence-electron chi connectivity index (χ1n) is 8.67. The Hall–Kier alpha value is -2.05. The average molecular weight is 360 g/mol. The summed E-state index contributed by atoms with van der Waals surface area (Å²) in [5, 5.41) is 0.770. The van der Waals surface area contributed by atoms with Crippen LogP contribution >= 0.6 is 11.6 Å². The first-order chi connectivity index (χ1) is 12.2. The van der Waals surface area contributed by atoms with Gasteiger partial charge >= 0.3 is 0 Å². The first kappa shape index (κ1) is 16.4. The Morgan fingerprint density at radius 3 is 2.60 bits per heavy atom. The van der Waals surface area contributed by atoms with Crippen molar-refractivity contribution < 1.29 is 4.74 Å². The molecule has 0 radical (unpaired) electrons. The van der Waals surface area contributed by atoms with Gasteiger partial charge in [0.2, 0.25) is 5.95 Å². The molecule has 132 valence electrons. The molecule has 3 heterocycles. The van der Waals surface area contributed by atoms with Crippen LogP contribution in [0.25, 0.3) is 0 Å². The summed E-state index contributed by atoms with van der Waals surface area (Å²) < 4.78 is 5.48. The molecule has 0 aliphatic carbocycles. The van der Waals surface area contributed by atoms with E-state index in [4.69, 9.17) is 22.1 Å². The summed E-state index contributed by atoms with van der Waals surface area (Å²) in [5.41, 5.74) is 8.12. The molecule has 2 aliphatic rings. The molecule has 7 heteroatoms. The maximum atomic E-state index is 6.11. The molecule has 0 saturated carbocycles. The van der Waals surface area contributed by atoms with Crippen LogP contribution in [0.15, 0.2) is 30.3 Å². The maximum Gasteiger partial charge on any atom is 0.222 e. The molecular weight excluding hydrogens is 338 g/mol. The number of rotatable bonds is 3. The van der Waals surface area contributed by atoms with E-state index in [1.165, 1.54) is 0 Å². The number of halogens is 1. The number of benzene rings is 1. The minimum absolute atomic E-state index is 0.330. The van der Waals surface area contributed by atoms with E-state index >= 15 is 0 Å². The number of hydrogen-bond acceptors (Lipinski definition) is 6. The van der Waals surface area contributed by atoms with Gasteiger partial charge in [-0.1, -0.05) is 17.7 Å². The normalized spacial score (nSPS) is 20.9. The van der Waals surface area contributed by atoms with Crippen molar-refractivity contribution in [3.63, 3.8) is 0 Å². The number of nitrogen functional groups attached to an aromatic ring is 1. The smallest absolute Gasteiger partial charge is 0.222 e. The molecule has 1 aromatic carbocycles. The molecule has 2 N–H and O–H groups in total. The van der Waals surface area contributed by atoms with Crippen LogP contribution in [0.5, 0.6) is 0 Å². The van der Waals surface area contributed by atoms with E-state index < -0.39 is 0 Å². The van der Waals surface area contributed by atoms with Gasteiger partial charge in [0, 0.05) is 55.5 Å². The van der Waals surface area contributed by atoms with Crippen molar-refractivity contribution in [3.8, 4) is 0 Å². The van der Waals surface area contributed by atoms with Crippen LogP contribution in [-0.4, -0.2) is 49.4 Å². The van der Waals surface area contributed by atoms with Crippen molar-refractivity contribution in [3.05, 3.63) is 41.0 Å². The van der Waals surface area contributed by atoms with Crippen LogP contribution in [0.2, 0.25) is 5.02 Å². The van der Waals surface area contributed by atoms with Crippen LogP contribution in [0.1, 0.15) is 18.0 Å². The molecule has 1 unspecified atom stereocenters. The zero-order chi connectivity index (χ0) is 17.2. The average Bonchev–Trinajstić information content (AvgIpc) is 3.16. The topological polar surface area (TPSA) is 67.5 Å². The van der Waals surface area contributed by atoms with Gasteiger partial charge in [0.1, 0.15) is 5.82 Å². The van der Waals surface area contributed by atoms with Crippen molar-refractivity contribution in [1.82, 2.24) is 9.97 Å². The highest BCUT2D eigenvalue weighted by Gasteiger charge is 2.23. The number of nitrogens with two attached hydrogens (primary N) is 1. The standard InChI is InChI=1S/C18H22ClN5O/c19-14-2-1-3-15(10-14)23-5-7-24(8-6-23)17-11-16(21-18(20)22-17)13-4-9-25-12-13/h1-3,10-11,13H,4-9,12H2,(H2,20,21,22). The summed E-state index contributed by atoms with van der Waals surface area (Å²) in [6, 6.07) is 10.1. The zero-order valence-electron chi connectivity index (χ0n) is 14.1. The first-order valence-corrected chi connectivity index (χ1v) is 9.04.